The average Bonchev–Trinajstić information content (AvgIpc) is 2.23. The molecule has 0 bridgehead atoms. The second-order valence-electron chi connectivity index (χ2n) is 3.65. The fourth-order valence-electron chi connectivity index (χ4n) is 1.64. The fourth-order valence-corrected chi connectivity index (χ4v) is 1.64. The lowest BCUT2D eigenvalue weighted by molar-refractivity contribution is -0.144. The van der Waals surface area contributed by atoms with Gasteiger partial charge in [0.1, 0.15) is 0 Å². The van der Waals surface area contributed by atoms with Gasteiger partial charge in [0.05, 0.1) is 11.1 Å². The Balaban J connectivity index is 3.35. The van der Waals surface area contributed by atoms with Crippen LogP contribution in [-0.4, -0.2) is 11.7 Å². The van der Waals surface area contributed by atoms with Crippen LogP contribution >= 0.6 is 0 Å². The van der Waals surface area contributed by atoms with Crippen molar-refractivity contribution in [1.82, 2.24) is 0 Å². The number of alkyl halides is 6. The maximum Gasteiger partial charge on any atom is 0.416 e. The van der Waals surface area contributed by atoms with E-state index in [1.807, 2.05) is 0 Å². The molecule has 0 spiro atoms. The first-order valence-corrected chi connectivity index (χ1v) is 5.05. The van der Waals surface area contributed by atoms with E-state index >= 15 is 0 Å². The molecule has 0 heterocycles. The Hall–Kier alpha value is -1.24. The molecule has 0 aromatic heterocycles. The molecule has 18 heavy (non-hydrogen) atoms. The van der Waals surface area contributed by atoms with E-state index in [9.17, 15) is 26.3 Å². The molecule has 1 aromatic rings. The summed E-state index contributed by atoms with van der Waals surface area (Å²) in [4.78, 5) is 0. The van der Waals surface area contributed by atoms with Gasteiger partial charge in [-0.25, -0.2) is 0 Å². The molecule has 7 heteroatoms. The van der Waals surface area contributed by atoms with Crippen molar-refractivity contribution in [3.8, 4) is 0 Å². The van der Waals surface area contributed by atoms with E-state index in [-0.39, 0.29) is 6.42 Å². The summed E-state index contributed by atoms with van der Waals surface area (Å²) in [6, 6.07) is 1.96. The maximum absolute atomic E-state index is 12.6. The minimum atomic E-state index is -4.84. The molecule has 1 aromatic carbocycles. The molecular weight excluding hydrogens is 262 g/mol. The highest BCUT2D eigenvalue weighted by Crippen LogP contribution is 2.39. The molecule has 0 unspecified atom stereocenters. The molecule has 0 amide bonds. The third kappa shape index (κ3) is 3.38. The summed E-state index contributed by atoms with van der Waals surface area (Å²) >= 11 is 0. The molecule has 0 saturated carbocycles. The Morgan fingerprint density at radius 3 is 1.67 bits per heavy atom. The van der Waals surface area contributed by atoms with Crippen LogP contribution in [0.2, 0.25) is 0 Å². The van der Waals surface area contributed by atoms with Crippen molar-refractivity contribution < 1.29 is 31.4 Å². The lowest BCUT2D eigenvalue weighted by atomic mass is 9.96. The Morgan fingerprint density at radius 2 is 1.33 bits per heavy atom. The first-order chi connectivity index (χ1) is 8.18. The number of hydrogen-bond donors (Lipinski definition) is 1. The number of aliphatic hydroxyl groups excluding tert-OH is 1. The van der Waals surface area contributed by atoms with Crippen LogP contribution in [0, 0.1) is 0 Å². The lowest BCUT2D eigenvalue weighted by Gasteiger charge is -2.18. The molecule has 0 radical (unpaired) electrons. The van der Waals surface area contributed by atoms with Crippen LogP contribution in [-0.2, 0) is 18.8 Å². The van der Waals surface area contributed by atoms with Crippen molar-refractivity contribution in [2.24, 2.45) is 0 Å². The van der Waals surface area contributed by atoms with E-state index in [1.165, 1.54) is 0 Å². The molecule has 0 aliphatic heterocycles. The molecule has 1 rings (SSSR count). The van der Waals surface area contributed by atoms with Crippen LogP contribution in [0.4, 0.5) is 26.3 Å². The van der Waals surface area contributed by atoms with Crippen LogP contribution < -0.4 is 0 Å². The first-order valence-electron chi connectivity index (χ1n) is 5.05. The Labute approximate surface area is 99.0 Å². The zero-order valence-electron chi connectivity index (χ0n) is 9.07. The number of aliphatic hydroxyl groups is 1. The molecule has 0 aliphatic carbocycles. The van der Waals surface area contributed by atoms with Crippen LogP contribution in [0.3, 0.4) is 0 Å². The van der Waals surface area contributed by atoms with Crippen molar-refractivity contribution >= 4 is 0 Å². The number of hydrogen-bond acceptors (Lipinski definition) is 1. The van der Waals surface area contributed by atoms with E-state index in [2.05, 4.69) is 0 Å². The van der Waals surface area contributed by atoms with Gasteiger partial charge in [-0.2, -0.15) is 26.3 Å². The molecule has 1 N–H and O–H groups in total. The predicted octanol–water partition coefficient (Wildman–Crippen LogP) is 3.65. The van der Waals surface area contributed by atoms with Crippen molar-refractivity contribution in [2.75, 3.05) is 6.61 Å². The summed E-state index contributed by atoms with van der Waals surface area (Å²) in [5.74, 6) is 0. The van der Waals surface area contributed by atoms with Gasteiger partial charge in [0.15, 0.2) is 0 Å². The van der Waals surface area contributed by atoms with Gasteiger partial charge in [0.25, 0.3) is 0 Å². The van der Waals surface area contributed by atoms with E-state index in [1.54, 1.807) is 0 Å². The average molecular weight is 272 g/mol. The first kappa shape index (κ1) is 14.8. The summed E-state index contributed by atoms with van der Waals surface area (Å²) in [5, 5.41) is 8.55. The van der Waals surface area contributed by atoms with Crippen molar-refractivity contribution in [3.63, 3.8) is 0 Å². The zero-order chi connectivity index (χ0) is 14.0. The maximum atomic E-state index is 12.6. The molecule has 0 saturated heterocycles. The minimum absolute atomic E-state index is 0.157. The second kappa shape index (κ2) is 5.17. The number of benzene rings is 1. The van der Waals surface area contributed by atoms with Gasteiger partial charge < -0.3 is 5.11 Å². The number of rotatable bonds is 3. The minimum Gasteiger partial charge on any atom is -0.396 e. The molecule has 102 valence electrons. The Morgan fingerprint density at radius 1 is 0.889 bits per heavy atom. The predicted molar refractivity (Wildman–Crippen MR) is 51.9 cm³/mol. The molecule has 0 aliphatic rings. The monoisotopic (exact) mass is 272 g/mol. The highest BCUT2D eigenvalue weighted by atomic mass is 19.4. The highest BCUT2D eigenvalue weighted by Gasteiger charge is 2.39. The van der Waals surface area contributed by atoms with Gasteiger partial charge in [0.2, 0.25) is 0 Å². The van der Waals surface area contributed by atoms with Gasteiger partial charge in [0, 0.05) is 6.61 Å². The molecular formula is C11H10F6O. The van der Waals surface area contributed by atoms with E-state index in [4.69, 9.17) is 5.11 Å². The largest absolute Gasteiger partial charge is 0.416 e. The standard InChI is InChI=1S/C11H10F6O/c12-10(13,14)8-4-1-5-9(11(15,16)17)7(8)3-2-6-18/h1,4-5,18H,2-3,6H2. The second-order valence-corrected chi connectivity index (χ2v) is 3.65. The Kier molecular flexibility index (Phi) is 4.26. The van der Waals surface area contributed by atoms with Crippen molar-refractivity contribution in [2.45, 2.75) is 25.2 Å². The van der Waals surface area contributed by atoms with Crippen molar-refractivity contribution in [3.05, 3.63) is 34.9 Å². The van der Waals surface area contributed by atoms with E-state index < -0.39 is 42.1 Å². The third-order valence-corrected chi connectivity index (χ3v) is 2.37. The van der Waals surface area contributed by atoms with Crippen LogP contribution in [0.25, 0.3) is 0 Å². The fraction of sp³-hybridized carbons (Fsp3) is 0.455. The summed E-state index contributed by atoms with van der Waals surface area (Å²) in [7, 11) is 0. The zero-order valence-corrected chi connectivity index (χ0v) is 9.07. The number of halogens is 6. The Bertz CT molecular complexity index is 375. The normalized spacial score (nSPS) is 12.8. The van der Waals surface area contributed by atoms with Gasteiger partial charge in [-0.3, -0.25) is 0 Å². The highest BCUT2D eigenvalue weighted by molar-refractivity contribution is 5.39. The summed E-state index contributed by atoms with van der Waals surface area (Å²) in [5.41, 5.74) is -3.41. The van der Waals surface area contributed by atoms with E-state index in [0.29, 0.717) is 12.1 Å². The van der Waals surface area contributed by atoms with Gasteiger partial charge in [-0.15, -0.1) is 0 Å². The quantitative estimate of drug-likeness (QED) is 0.833. The van der Waals surface area contributed by atoms with Gasteiger partial charge in [-0.05, 0) is 30.5 Å². The molecule has 0 atom stereocenters. The van der Waals surface area contributed by atoms with Gasteiger partial charge in [-0.1, -0.05) is 6.07 Å². The van der Waals surface area contributed by atoms with Crippen LogP contribution in [0.5, 0.6) is 0 Å². The third-order valence-electron chi connectivity index (χ3n) is 2.37. The summed E-state index contributed by atoms with van der Waals surface area (Å²) in [6.07, 6.45) is -10.3. The van der Waals surface area contributed by atoms with Gasteiger partial charge >= 0.3 is 12.4 Å². The molecule has 0 fully saturated rings. The topological polar surface area (TPSA) is 20.2 Å². The van der Waals surface area contributed by atoms with Crippen LogP contribution in [0.15, 0.2) is 18.2 Å². The SMILES string of the molecule is OCCCc1c(C(F)(F)F)cccc1C(F)(F)F. The van der Waals surface area contributed by atoms with Crippen molar-refractivity contribution in [1.29, 1.82) is 0 Å². The smallest absolute Gasteiger partial charge is 0.396 e. The van der Waals surface area contributed by atoms with E-state index in [0.717, 1.165) is 6.07 Å². The molecule has 1 nitrogen and oxygen atoms in total. The lowest BCUT2D eigenvalue weighted by Crippen LogP contribution is -2.16. The van der Waals surface area contributed by atoms with Crippen LogP contribution in [0.1, 0.15) is 23.1 Å². The summed E-state index contributed by atoms with van der Waals surface area (Å²) < 4.78 is 75.7. The summed E-state index contributed by atoms with van der Waals surface area (Å²) in [6.45, 7) is -0.469.